The molecule has 0 fully saturated rings. The number of rotatable bonds is 6. The number of para-hydroxylation sites is 2. The first kappa shape index (κ1) is 19.4. The van der Waals surface area contributed by atoms with Gasteiger partial charge in [0.05, 0.1) is 30.1 Å². The molecule has 5 rings (SSSR count). The number of aryl methyl sites for hydroxylation is 1. The van der Waals surface area contributed by atoms with E-state index in [4.69, 9.17) is 4.42 Å². The summed E-state index contributed by atoms with van der Waals surface area (Å²) in [5.41, 5.74) is 2.23. The summed E-state index contributed by atoms with van der Waals surface area (Å²) in [6.45, 7) is 0. The van der Waals surface area contributed by atoms with Crippen LogP contribution in [0.15, 0.2) is 82.5 Å². The standard InChI is InChI=1S/C23H18N6O3/c30-20(10-11-21-24-13-19(32-21)15-6-2-1-3-7-15)28-17-8-4-5-9-18(17)29-22-16(12-27-29)23(31)26-14-25-22/h1-9,12-14H,10-11H2,(H,28,30)(H,25,26,31). The van der Waals surface area contributed by atoms with E-state index in [1.807, 2.05) is 42.5 Å². The third-order valence-electron chi connectivity index (χ3n) is 4.96. The molecule has 2 aromatic carbocycles. The highest BCUT2D eigenvalue weighted by Gasteiger charge is 2.14. The second kappa shape index (κ2) is 8.31. The first-order valence-corrected chi connectivity index (χ1v) is 10.00. The maximum Gasteiger partial charge on any atom is 0.261 e. The molecule has 0 aliphatic heterocycles. The molecule has 0 unspecified atom stereocenters. The molecule has 3 heterocycles. The van der Waals surface area contributed by atoms with Crippen LogP contribution in [0.3, 0.4) is 0 Å². The zero-order chi connectivity index (χ0) is 21.9. The second-order valence-electron chi connectivity index (χ2n) is 7.07. The van der Waals surface area contributed by atoms with Gasteiger partial charge in [-0.25, -0.2) is 14.6 Å². The van der Waals surface area contributed by atoms with Gasteiger partial charge in [0, 0.05) is 18.4 Å². The maximum atomic E-state index is 12.6. The average molecular weight is 426 g/mol. The van der Waals surface area contributed by atoms with E-state index in [1.54, 1.807) is 18.3 Å². The van der Waals surface area contributed by atoms with Crippen molar-refractivity contribution in [1.82, 2.24) is 24.7 Å². The van der Waals surface area contributed by atoms with Crippen molar-refractivity contribution in [3.63, 3.8) is 0 Å². The topological polar surface area (TPSA) is 119 Å². The molecule has 0 atom stereocenters. The number of oxazole rings is 1. The number of aromatic amines is 1. The first-order valence-electron chi connectivity index (χ1n) is 10.00. The van der Waals surface area contributed by atoms with Crippen molar-refractivity contribution < 1.29 is 9.21 Å². The van der Waals surface area contributed by atoms with E-state index in [1.165, 1.54) is 17.2 Å². The summed E-state index contributed by atoms with van der Waals surface area (Å²) >= 11 is 0. The Labute approximate surface area is 181 Å². The number of H-pyrrole nitrogens is 1. The molecule has 32 heavy (non-hydrogen) atoms. The predicted octanol–water partition coefficient (Wildman–Crippen LogP) is 3.34. The van der Waals surface area contributed by atoms with E-state index in [2.05, 4.69) is 25.4 Å². The number of nitrogens with zero attached hydrogens (tertiary/aromatic N) is 4. The van der Waals surface area contributed by atoms with Gasteiger partial charge >= 0.3 is 0 Å². The Morgan fingerprint density at radius 3 is 2.72 bits per heavy atom. The quantitative estimate of drug-likeness (QED) is 0.430. The minimum absolute atomic E-state index is 0.195. The van der Waals surface area contributed by atoms with Crippen molar-refractivity contribution in [3.05, 3.63) is 89.6 Å². The smallest absolute Gasteiger partial charge is 0.261 e. The van der Waals surface area contributed by atoms with Gasteiger partial charge in [-0.15, -0.1) is 0 Å². The van der Waals surface area contributed by atoms with Crippen molar-refractivity contribution in [1.29, 1.82) is 0 Å². The van der Waals surface area contributed by atoms with Gasteiger partial charge in [-0.3, -0.25) is 9.59 Å². The Bertz CT molecular complexity index is 1450. The monoisotopic (exact) mass is 426 g/mol. The molecule has 2 N–H and O–H groups in total. The number of fused-ring (bicyclic) bond motifs is 1. The largest absolute Gasteiger partial charge is 0.441 e. The molecule has 0 bridgehead atoms. The van der Waals surface area contributed by atoms with Gasteiger partial charge in [0.1, 0.15) is 5.39 Å². The molecule has 0 saturated heterocycles. The van der Waals surface area contributed by atoms with Crippen molar-refractivity contribution in [3.8, 4) is 17.0 Å². The normalized spacial score (nSPS) is 11.0. The third kappa shape index (κ3) is 3.79. The van der Waals surface area contributed by atoms with E-state index in [9.17, 15) is 9.59 Å². The van der Waals surface area contributed by atoms with Crippen LogP contribution in [0.1, 0.15) is 12.3 Å². The lowest BCUT2D eigenvalue weighted by molar-refractivity contribution is -0.116. The van der Waals surface area contributed by atoms with Gasteiger partial charge in [-0.1, -0.05) is 42.5 Å². The van der Waals surface area contributed by atoms with Crippen LogP contribution < -0.4 is 10.9 Å². The van der Waals surface area contributed by atoms with Gasteiger partial charge in [0.15, 0.2) is 17.3 Å². The highest BCUT2D eigenvalue weighted by atomic mass is 16.4. The van der Waals surface area contributed by atoms with Gasteiger partial charge in [-0.2, -0.15) is 5.10 Å². The molecule has 0 radical (unpaired) electrons. The zero-order valence-electron chi connectivity index (χ0n) is 16.9. The lowest BCUT2D eigenvalue weighted by atomic mass is 10.2. The summed E-state index contributed by atoms with van der Waals surface area (Å²) in [5.74, 6) is 0.965. The van der Waals surface area contributed by atoms with E-state index >= 15 is 0 Å². The number of carbonyl (C=O) groups is 1. The van der Waals surface area contributed by atoms with Crippen LogP contribution in [0, 0.1) is 0 Å². The highest BCUT2D eigenvalue weighted by molar-refractivity contribution is 5.93. The summed E-state index contributed by atoms with van der Waals surface area (Å²) in [6.07, 6.45) is 5.00. The second-order valence-corrected chi connectivity index (χ2v) is 7.07. The zero-order valence-corrected chi connectivity index (χ0v) is 16.9. The van der Waals surface area contributed by atoms with Crippen LogP contribution >= 0.6 is 0 Å². The molecule has 0 aliphatic rings. The molecule has 9 heteroatoms. The minimum atomic E-state index is -0.274. The summed E-state index contributed by atoms with van der Waals surface area (Å²) in [5, 5.41) is 7.55. The molecule has 5 aromatic rings. The molecule has 3 aromatic heterocycles. The van der Waals surface area contributed by atoms with E-state index in [0.29, 0.717) is 40.5 Å². The Balaban J connectivity index is 1.31. The van der Waals surface area contributed by atoms with Crippen LogP contribution in [0.4, 0.5) is 5.69 Å². The number of carbonyl (C=O) groups excluding carboxylic acids is 1. The molecule has 9 nitrogen and oxygen atoms in total. The van der Waals surface area contributed by atoms with Gasteiger partial charge in [0.25, 0.3) is 5.56 Å². The van der Waals surface area contributed by atoms with Crippen LogP contribution in [0.5, 0.6) is 0 Å². The van der Waals surface area contributed by atoms with Crippen LogP contribution in [-0.2, 0) is 11.2 Å². The van der Waals surface area contributed by atoms with Crippen molar-refractivity contribution in [2.45, 2.75) is 12.8 Å². The Morgan fingerprint density at radius 1 is 1.03 bits per heavy atom. The van der Waals surface area contributed by atoms with Gasteiger partial charge < -0.3 is 14.7 Å². The van der Waals surface area contributed by atoms with Crippen molar-refractivity contribution >= 4 is 22.6 Å². The molecule has 0 saturated carbocycles. The first-order chi connectivity index (χ1) is 15.7. The molecule has 1 amide bonds. The molecular formula is C23H18N6O3. The summed E-state index contributed by atoms with van der Waals surface area (Å²) in [4.78, 5) is 35.6. The van der Waals surface area contributed by atoms with Crippen molar-refractivity contribution in [2.24, 2.45) is 0 Å². The van der Waals surface area contributed by atoms with E-state index in [-0.39, 0.29) is 17.9 Å². The molecular weight excluding hydrogens is 408 g/mol. The summed E-state index contributed by atoms with van der Waals surface area (Å²) < 4.78 is 7.29. The number of anilines is 1. The van der Waals surface area contributed by atoms with Crippen LogP contribution in [0.25, 0.3) is 28.0 Å². The summed E-state index contributed by atoms with van der Waals surface area (Å²) in [6, 6.07) is 16.9. The van der Waals surface area contributed by atoms with Crippen LogP contribution in [-0.4, -0.2) is 30.6 Å². The number of benzene rings is 2. The van der Waals surface area contributed by atoms with Gasteiger partial charge in [0.2, 0.25) is 5.91 Å². The number of hydrogen-bond acceptors (Lipinski definition) is 6. The lowest BCUT2D eigenvalue weighted by Crippen LogP contribution is -2.15. The molecule has 0 spiro atoms. The van der Waals surface area contributed by atoms with E-state index < -0.39 is 0 Å². The highest BCUT2D eigenvalue weighted by Crippen LogP contribution is 2.23. The number of nitrogens with one attached hydrogen (secondary N) is 2. The fourth-order valence-electron chi connectivity index (χ4n) is 3.39. The number of hydrogen-bond donors (Lipinski definition) is 2. The average Bonchev–Trinajstić information content (AvgIpc) is 3.47. The molecule has 0 aliphatic carbocycles. The maximum absolute atomic E-state index is 12.6. The lowest BCUT2D eigenvalue weighted by Gasteiger charge is -2.11. The SMILES string of the molecule is O=C(CCc1ncc(-c2ccccc2)o1)Nc1ccccc1-n1ncc2c(=O)[nH]cnc21. The number of aromatic nitrogens is 5. The van der Waals surface area contributed by atoms with Crippen LogP contribution in [0.2, 0.25) is 0 Å². The molecule has 158 valence electrons. The van der Waals surface area contributed by atoms with Crippen molar-refractivity contribution in [2.75, 3.05) is 5.32 Å². The Morgan fingerprint density at radius 2 is 1.84 bits per heavy atom. The minimum Gasteiger partial charge on any atom is -0.441 e. The Kier molecular flexibility index (Phi) is 5.04. The predicted molar refractivity (Wildman–Crippen MR) is 118 cm³/mol. The number of amides is 1. The van der Waals surface area contributed by atoms with E-state index in [0.717, 1.165) is 5.56 Å². The summed E-state index contributed by atoms with van der Waals surface area (Å²) in [7, 11) is 0. The Hall–Kier alpha value is -4.53. The fourth-order valence-corrected chi connectivity index (χ4v) is 3.39. The van der Waals surface area contributed by atoms with Gasteiger partial charge in [-0.05, 0) is 12.1 Å². The third-order valence-corrected chi connectivity index (χ3v) is 4.96. The fraction of sp³-hybridized carbons (Fsp3) is 0.0870.